The Morgan fingerprint density at radius 2 is 2.20 bits per heavy atom. The van der Waals surface area contributed by atoms with Crippen molar-refractivity contribution >= 4 is 27.7 Å². The second-order valence-electron chi connectivity index (χ2n) is 3.48. The van der Waals surface area contributed by atoms with Gasteiger partial charge in [0.15, 0.2) is 0 Å². The molecule has 0 saturated heterocycles. The van der Waals surface area contributed by atoms with Gasteiger partial charge in [-0.15, -0.1) is 0 Å². The first-order valence-corrected chi connectivity index (χ1v) is 6.01. The fraction of sp³-hybridized carbons (Fsp3) is 0.600. The molecule has 0 bridgehead atoms. The summed E-state index contributed by atoms with van der Waals surface area (Å²) in [6, 6.07) is 2.11. The zero-order chi connectivity index (χ0) is 11.3. The zero-order valence-corrected chi connectivity index (χ0v) is 10.7. The molecular formula is C10H17BrN4. The van der Waals surface area contributed by atoms with Crippen molar-refractivity contribution in [1.29, 1.82) is 0 Å². The maximum Gasteiger partial charge on any atom is 0.225 e. The highest BCUT2D eigenvalue weighted by atomic mass is 79.9. The largest absolute Gasteiger partial charge is 0.383 e. The second-order valence-corrected chi connectivity index (χ2v) is 4.29. The van der Waals surface area contributed by atoms with E-state index in [4.69, 9.17) is 5.73 Å². The van der Waals surface area contributed by atoms with E-state index in [2.05, 4.69) is 45.1 Å². The summed E-state index contributed by atoms with van der Waals surface area (Å²) < 4.78 is 0.712. The number of aromatic nitrogens is 2. The van der Waals surface area contributed by atoms with Gasteiger partial charge in [0.05, 0.1) is 0 Å². The van der Waals surface area contributed by atoms with Crippen LogP contribution in [0.4, 0.5) is 11.8 Å². The Morgan fingerprint density at radius 3 is 2.73 bits per heavy atom. The zero-order valence-electron chi connectivity index (χ0n) is 9.13. The molecule has 0 spiro atoms. The minimum atomic E-state index is 0.420. The quantitative estimate of drug-likeness (QED) is 0.810. The second kappa shape index (κ2) is 5.90. The number of nitrogens with zero attached hydrogens (tertiary/aromatic N) is 2. The van der Waals surface area contributed by atoms with Crippen molar-refractivity contribution in [1.82, 2.24) is 9.97 Å². The molecule has 1 aromatic rings. The van der Waals surface area contributed by atoms with Crippen molar-refractivity contribution < 1.29 is 0 Å². The van der Waals surface area contributed by atoms with E-state index in [0.717, 1.165) is 19.3 Å². The van der Waals surface area contributed by atoms with E-state index in [-0.39, 0.29) is 0 Å². The number of nitrogens with two attached hydrogens (primary N) is 1. The molecule has 0 amide bonds. The van der Waals surface area contributed by atoms with Crippen LogP contribution in [0.15, 0.2) is 10.7 Å². The van der Waals surface area contributed by atoms with Gasteiger partial charge in [-0.3, -0.25) is 0 Å². The first-order chi connectivity index (χ1) is 7.15. The maximum absolute atomic E-state index is 5.63. The molecule has 4 nitrogen and oxygen atoms in total. The highest BCUT2D eigenvalue weighted by Crippen LogP contribution is 2.14. The molecule has 5 heteroatoms. The van der Waals surface area contributed by atoms with Gasteiger partial charge in [-0.1, -0.05) is 20.3 Å². The Morgan fingerprint density at radius 1 is 1.47 bits per heavy atom. The maximum atomic E-state index is 5.63. The Balaban J connectivity index is 2.69. The molecule has 84 valence electrons. The van der Waals surface area contributed by atoms with E-state index in [1.165, 1.54) is 0 Å². The summed E-state index contributed by atoms with van der Waals surface area (Å²) in [5.74, 6) is 1.08. The lowest BCUT2D eigenvalue weighted by Gasteiger charge is -2.15. The molecule has 1 atom stereocenters. The Bertz CT molecular complexity index is 296. The predicted octanol–water partition coefficient (Wildman–Crippen LogP) is 2.81. The van der Waals surface area contributed by atoms with Gasteiger partial charge in [0.25, 0.3) is 0 Å². The van der Waals surface area contributed by atoms with E-state index < -0.39 is 0 Å². The highest BCUT2D eigenvalue weighted by molar-refractivity contribution is 9.10. The van der Waals surface area contributed by atoms with Crippen molar-refractivity contribution in [2.75, 3.05) is 11.1 Å². The van der Waals surface area contributed by atoms with Crippen LogP contribution in [0, 0.1) is 0 Å². The predicted molar refractivity (Wildman–Crippen MR) is 66.8 cm³/mol. The normalized spacial score (nSPS) is 12.5. The Hall–Kier alpha value is -0.840. The molecule has 0 aliphatic carbocycles. The van der Waals surface area contributed by atoms with Crippen molar-refractivity contribution in [3.63, 3.8) is 0 Å². The lowest BCUT2D eigenvalue weighted by atomic mass is 10.1. The monoisotopic (exact) mass is 272 g/mol. The van der Waals surface area contributed by atoms with Gasteiger partial charge < -0.3 is 11.1 Å². The molecule has 0 radical (unpaired) electrons. The van der Waals surface area contributed by atoms with Crippen molar-refractivity contribution in [3.8, 4) is 0 Å². The first kappa shape index (κ1) is 12.2. The van der Waals surface area contributed by atoms with Gasteiger partial charge in [0.1, 0.15) is 10.4 Å². The van der Waals surface area contributed by atoms with Gasteiger partial charge in [-0.25, -0.2) is 4.98 Å². The topological polar surface area (TPSA) is 63.8 Å². The molecule has 1 heterocycles. The average Bonchev–Trinajstić information content (AvgIpc) is 2.15. The van der Waals surface area contributed by atoms with Gasteiger partial charge in [0.2, 0.25) is 5.95 Å². The molecule has 0 saturated carbocycles. The lowest BCUT2D eigenvalue weighted by molar-refractivity contribution is 0.617. The molecule has 0 fully saturated rings. The number of nitrogen functional groups attached to an aromatic ring is 1. The third-order valence-electron chi connectivity index (χ3n) is 2.18. The number of hydrogen-bond donors (Lipinski definition) is 2. The lowest BCUT2D eigenvalue weighted by Crippen LogP contribution is -2.20. The Labute approximate surface area is 98.8 Å². The minimum absolute atomic E-state index is 0.420. The van der Waals surface area contributed by atoms with E-state index >= 15 is 0 Å². The summed E-state index contributed by atoms with van der Waals surface area (Å²) in [6.07, 6.45) is 3.32. The van der Waals surface area contributed by atoms with Gasteiger partial charge in [-0.2, -0.15) is 4.98 Å². The van der Waals surface area contributed by atoms with Crippen LogP contribution in [-0.2, 0) is 0 Å². The van der Waals surface area contributed by atoms with E-state index in [0.29, 0.717) is 22.4 Å². The van der Waals surface area contributed by atoms with Crippen LogP contribution in [0.2, 0.25) is 0 Å². The van der Waals surface area contributed by atoms with Crippen LogP contribution < -0.4 is 11.1 Å². The fourth-order valence-electron chi connectivity index (χ4n) is 1.41. The molecule has 0 aliphatic rings. The van der Waals surface area contributed by atoms with Crippen molar-refractivity contribution in [3.05, 3.63) is 10.7 Å². The van der Waals surface area contributed by atoms with Crippen LogP contribution in [0.5, 0.6) is 0 Å². The standard InChI is InChI=1S/C10H17BrN4/c1-3-5-7(4-2)13-10-14-8(11)6-9(12)15-10/h6-7H,3-5H2,1-2H3,(H3,12,13,14,15). The van der Waals surface area contributed by atoms with E-state index in [1.807, 2.05) is 0 Å². The van der Waals surface area contributed by atoms with Crippen molar-refractivity contribution in [2.24, 2.45) is 0 Å². The molecule has 0 aliphatic heterocycles. The van der Waals surface area contributed by atoms with E-state index in [1.54, 1.807) is 6.07 Å². The van der Waals surface area contributed by atoms with Crippen LogP contribution in [0.3, 0.4) is 0 Å². The van der Waals surface area contributed by atoms with Crippen LogP contribution in [-0.4, -0.2) is 16.0 Å². The minimum Gasteiger partial charge on any atom is -0.383 e. The molecule has 1 rings (SSSR count). The molecule has 1 unspecified atom stereocenters. The third-order valence-corrected chi connectivity index (χ3v) is 2.58. The average molecular weight is 273 g/mol. The summed E-state index contributed by atoms with van der Waals surface area (Å²) in [5.41, 5.74) is 5.63. The van der Waals surface area contributed by atoms with Gasteiger partial charge in [0, 0.05) is 12.1 Å². The molecule has 15 heavy (non-hydrogen) atoms. The van der Waals surface area contributed by atoms with E-state index in [9.17, 15) is 0 Å². The SMILES string of the molecule is CCCC(CC)Nc1nc(N)cc(Br)n1. The van der Waals surface area contributed by atoms with Crippen molar-refractivity contribution in [2.45, 2.75) is 39.2 Å². The number of halogens is 1. The van der Waals surface area contributed by atoms with Gasteiger partial charge >= 0.3 is 0 Å². The summed E-state index contributed by atoms with van der Waals surface area (Å²) in [6.45, 7) is 4.31. The molecular weight excluding hydrogens is 256 g/mol. The molecule has 3 N–H and O–H groups in total. The van der Waals surface area contributed by atoms with Crippen LogP contribution in [0.25, 0.3) is 0 Å². The van der Waals surface area contributed by atoms with Crippen LogP contribution in [0.1, 0.15) is 33.1 Å². The fourth-order valence-corrected chi connectivity index (χ4v) is 1.81. The Kier molecular flexibility index (Phi) is 4.81. The van der Waals surface area contributed by atoms with Crippen LogP contribution >= 0.6 is 15.9 Å². The summed E-state index contributed by atoms with van der Waals surface area (Å²) >= 11 is 3.29. The number of anilines is 2. The smallest absolute Gasteiger partial charge is 0.225 e. The van der Waals surface area contributed by atoms with Gasteiger partial charge in [-0.05, 0) is 28.8 Å². The molecule has 1 aromatic heterocycles. The summed E-state index contributed by atoms with van der Waals surface area (Å²) in [5, 5.41) is 3.28. The highest BCUT2D eigenvalue weighted by Gasteiger charge is 2.07. The number of rotatable bonds is 5. The molecule has 0 aromatic carbocycles. The summed E-state index contributed by atoms with van der Waals surface area (Å²) in [4.78, 5) is 8.35. The third kappa shape index (κ3) is 4.03. The number of hydrogen-bond acceptors (Lipinski definition) is 4. The first-order valence-electron chi connectivity index (χ1n) is 5.22. The number of nitrogens with one attached hydrogen (secondary N) is 1. The summed E-state index contributed by atoms with van der Waals surface area (Å²) in [7, 11) is 0.